The van der Waals surface area contributed by atoms with Gasteiger partial charge in [0.2, 0.25) is 0 Å². The molecule has 1 aromatic carbocycles. The van der Waals surface area contributed by atoms with Crippen LogP contribution in [0.3, 0.4) is 0 Å². The van der Waals surface area contributed by atoms with E-state index < -0.39 is 5.97 Å². The summed E-state index contributed by atoms with van der Waals surface area (Å²) in [6.45, 7) is 3.95. The van der Waals surface area contributed by atoms with E-state index in [1.165, 1.54) is 24.0 Å². The second kappa shape index (κ2) is 8.72. The van der Waals surface area contributed by atoms with E-state index in [-0.39, 0.29) is 12.5 Å². The Bertz CT molecular complexity index is 687. The number of hydrogen-bond donors (Lipinski definition) is 1. The number of esters is 1. The van der Waals surface area contributed by atoms with Crippen molar-refractivity contribution < 1.29 is 18.7 Å². The molecule has 2 aromatic rings. The van der Waals surface area contributed by atoms with Gasteiger partial charge in [-0.2, -0.15) is 0 Å². The molecule has 2 rings (SSSR count). The number of anilines is 1. The van der Waals surface area contributed by atoms with Crippen LogP contribution in [0.25, 0.3) is 6.08 Å². The molecule has 0 aliphatic rings. The highest BCUT2D eigenvalue weighted by Crippen LogP contribution is 2.20. The lowest BCUT2D eigenvalue weighted by molar-refractivity contribution is -0.142. The highest BCUT2D eigenvalue weighted by atomic mass is 16.5. The summed E-state index contributed by atoms with van der Waals surface area (Å²) in [6.07, 6.45) is 5.26. The van der Waals surface area contributed by atoms with E-state index in [1.54, 1.807) is 12.1 Å². The fourth-order valence-electron chi connectivity index (χ4n) is 2.05. The molecule has 126 valence electrons. The van der Waals surface area contributed by atoms with Gasteiger partial charge < -0.3 is 14.5 Å². The van der Waals surface area contributed by atoms with Gasteiger partial charge in [-0.05, 0) is 48.2 Å². The maximum absolute atomic E-state index is 11.8. The van der Waals surface area contributed by atoms with Gasteiger partial charge in [-0.3, -0.25) is 4.79 Å². The summed E-state index contributed by atoms with van der Waals surface area (Å²) in [5.41, 5.74) is 1.90. The lowest BCUT2D eigenvalue weighted by Gasteiger charge is -2.10. The Hall–Kier alpha value is -2.82. The lowest BCUT2D eigenvalue weighted by atomic mass is 9.99. The van der Waals surface area contributed by atoms with Crippen LogP contribution >= 0.6 is 0 Å². The highest BCUT2D eigenvalue weighted by molar-refractivity contribution is 5.94. The Morgan fingerprint density at radius 3 is 2.62 bits per heavy atom. The summed E-state index contributed by atoms with van der Waals surface area (Å²) < 4.78 is 9.92. The molecule has 0 aliphatic carbocycles. The first-order chi connectivity index (χ1) is 11.6. The fourth-order valence-corrected chi connectivity index (χ4v) is 2.05. The normalized spacial score (nSPS) is 12.1. The maximum atomic E-state index is 11.8. The number of ether oxygens (including phenoxy) is 1. The van der Waals surface area contributed by atoms with Crippen LogP contribution in [0.15, 0.2) is 53.2 Å². The third-order valence-electron chi connectivity index (χ3n) is 3.65. The van der Waals surface area contributed by atoms with E-state index in [9.17, 15) is 9.59 Å². The largest absolute Gasteiger partial charge is 0.465 e. The predicted octanol–water partition coefficient (Wildman–Crippen LogP) is 3.99. The quantitative estimate of drug-likeness (QED) is 0.617. The molecule has 5 nitrogen and oxygen atoms in total. The highest BCUT2D eigenvalue weighted by Gasteiger charge is 2.07. The van der Waals surface area contributed by atoms with Gasteiger partial charge in [0.05, 0.1) is 6.26 Å². The molecular weight excluding hydrogens is 306 g/mol. The number of rotatable bonds is 7. The Labute approximate surface area is 141 Å². The van der Waals surface area contributed by atoms with Crippen LogP contribution in [-0.2, 0) is 14.3 Å². The fraction of sp³-hybridized carbons (Fsp3) is 0.263. The van der Waals surface area contributed by atoms with E-state index in [2.05, 4.69) is 19.2 Å². The van der Waals surface area contributed by atoms with E-state index in [0.717, 1.165) is 6.42 Å². The number of furan rings is 1. The molecule has 0 unspecified atom stereocenters. The SMILES string of the molecule is CC[C@H](C)c1ccc(NC(=O)COC(=O)/C=C/c2ccco2)cc1. The van der Waals surface area contributed by atoms with Crippen molar-refractivity contribution in [2.75, 3.05) is 11.9 Å². The third kappa shape index (κ3) is 5.43. The van der Waals surface area contributed by atoms with Crippen LogP contribution in [0.1, 0.15) is 37.5 Å². The molecular formula is C19H21NO4. The average Bonchev–Trinajstić information content (AvgIpc) is 3.11. The zero-order valence-electron chi connectivity index (χ0n) is 13.8. The molecule has 0 fully saturated rings. The standard InChI is InChI=1S/C19H21NO4/c1-3-14(2)15-6-8-16(9-7-15)20-18(21)13-24-19(22)11-10-17-5-4-12-23-17/h4-12,14H,3,13H2,1-2H3,(H,20,21)/b11-10+/t14-/m0/s1. The van der Waals surface area contributed by atoms with E-state index in [1.807, 2.05) is 24.3 Å². The Morgan fingerprint density at radius 1 is 1.25 bits per heavy atom. The summed E-state index contributed by atoms with van der Waals surface area (Å²) >= 11 is 0. The van der Waals surface area contributed by atoms with Gasteiger partial charge in [-0.15, -0.1) is 0 Å². The van der Waals surface area contributed by atoms with Crippen LogP contribution in [0, 0.1) is 0 Å². The van der Waals surface area contributed by atoms with Gasteiger partial charge >= 0.3 is 5.97 Å². The number of carbonyl (C=O) groups is 2. The molecule has 1 N–H and O–H groups in total. The van der Waals surface area contributed by atoms with Crippen LogP contribution in [-0.4, -0.2) is 18.5 Å². The molecule has 0 spiro atoms. The monoisotopic (exact) mass is 327 g/mol. The number of nitrogens with one attached hydrogen (secondary N) is 1. The van der Waals surface area contributed by atoms with Crippen LogP contribution in [0.2, 0.25) is 0 Å². The van der Waals surface area contributed by atoms with Gasteiger partial charge in [0.25, 0.3) is 5.91 Å². The Morgan fingerprint density at radius 2 is 2.00 bits per heavy atom. The molecule has 0 bridgehead atoms. The van der Waals surface area contributed by atoms with E-state index in [4.69, 9.17) is 9.15 Å². The zero-order valence-corrected chi connectivity index (χ0v) is 13.8. The topological polar surface area (TPSA) is 68.5 Å². The summed E-state index contributed by atoms with van der Waals surface area (Å²) in [6, 6.07) is 11.1. The van der Waals surface area contributed by atoms with Gasteiger partial charge in [-0.25, -0.2) is 4.79 Å². The molecule has 24 heavy (non-hydrogen) atoms. The van der Waals surface area contributed by atoms with E-state index in [0.29, 0.717) is 17.4 Å². The van der Waals surface area contributed by atoms with E-state index >= 15 is 0 Å². The van der Waals surface area contributed by atoms with Crippen molar-refractivity contribution in [2.24, 2.45) is 0 Å². The van der Waals surface area contributed by atoms with Crippen LogP contribution < -0.4 is 5.32 Å². The molecule has 0 saturated heterocycles. The van der Waals surface area contributed by atoms with Crippen LogP contribution in [0.4, 0.5) is 5.69 Å². The maximum Gasteiger partial charge on any atom is 0.331 e. The Kier molecular flexibility index (Phi) is 6.37. The summed E-state index contributed by atoms with van der Waals surface area (Å²) in [7, 11) is 0. The second-order valence-electron chi connectivity index (χ2n) is 5.44. The molecule has 1 aromatic heterocycles. The zero-order chi connectivity index (χ0) is 17.4. The minimum atomic E-state index is -0.603. The number of amides is 1. The number of hydrogen-bond acceptors (Lipinski definition) is 4. The molecule has 0 saturated carbocycles. The molecule has 0 radical (unpaired) electrons. The Balaban J connectivity index is 1.77. The van der Waals surface area contributed by atoms with Crippen molar-refractivity contribution in [3.63, 3.8) is 0 Å². The van der Waals surface area contributed by atoms with Gasteiger partial charge in [-0.1, -0.05) is 26.0 Å². The first-order valence-electron chi connectivity index (χ1n) is 7.86. The third-order valence-corrected chi connectivity index (χ3v) is 3.65. The van der Waals surface area contributed by atoms with Crippen molar-refractivity contribution in [2.45, 2.75) is 26.2 Å². The van der Waals surface area contributed by atoms with Crippen molar-refractivity contribution in [1.29, 1.82) is 0 Å². The minimum Gasteiger partial charge on any atom is -0.465 e. The van der Waals surface area contributed by atoms with Crippen molar-refractivity contribution in [1.82, 2.24) is 0 Å². The summed E-state index contributed by atoms with van der Waals surface area (Å²) in [5, 5.41) is 2.69. The lowest BCUT2D eigenvalue weighted by Crippen LogP contribution is -2.20. The number of benzene rings is 1. The van der Waals surface area contributed by atoms with Crippen molar-refractivity contribution in [3.8, 4) is 0 Å². The molecule has 1 atom stereocenters. The van der Waals surface area contributed by atoms with Gasteiger partial charge in [0, 0.05) is 11.8 Å². The molecule has 1 heterocycles. The molecule has 5 heteroatoms. The van der Waals surface area contributed by atoms with Crippen molar-refractivity contribution in [3.05, 3.63) is 60.1 Å². The number of carbonyl (C=O) groups excluding carboxylic acids is 2. The molecule has 1 amide bonds. The second-order valence-corrected chi connectivity index (χ2v) is 5.44. The first-order valence-corrected chi connectivity index (χ1v) is 7.86. The average molecular weight is 327 g/mol. The van der Waals surface area contributed by atoms with Gasteiger partial charge in [0.1, 0.15) is 5.76 Å². The summed E-state index contributed by atoms with van der Waals surface area (Å²) in [5.74, 6) is 0.0363. The van der Waals surface area contributed by atoms with Crippen molar-refractivity contribution >= 4 is 23.6 Å². The minimum absolute atomic E-state index is 0.339. The summed E-state index contributed by atoms with van der Waals surface area (Å²) in [4.78, 5) is 23.3. The van der Waals surface area contributed by atoms with Crippen LogP contribution in [0.5, 0.6) is 0 Å². The molecule has 0 aliphatic heterocycles. The van der Waals surface area contributed by atoms with Gasteiger partial charge in [0.15, 0.2) is 6.61 Å². The predicted molar refractivity (Wildman–Crippen MR) is 92.5 cm³/mol. The first kappa shape index (κ1) is 17.5. The smallest absolute Gasteiger partial charge is 0.331 e.